The van der Waals surface area contributed by atoms with Gasteiger partial charge in [0.15, 0.2) is 0 Å². The molecule has 414 valence electrons. The van der Waals surface area contributed by atoms with Gasteiger partial charge in [0.25, 0.3) is 0 Å². The Morgan fingerprint density at radius 1 is 0.452 bits per heavy atom. The van der Waals surface area contributed by atoms with Crippen molar-refractivity contribution < 1.29 is 93.3 Å². The molecule has 17 N–H and O–H groups in total. The number of aliphatic carboxylic acids is 1. The van der Waals surface area contributed by atoms with Gasteiger partial charge in [0.2, 0.25) is 70.9 Å². The van der Waals surface area contributed by atoms with E-state index in [-0.39, 0.29) is 58.2 Å². The normalized spacial score (nSPS) is 13.7. The zero-order valence-electron chi connectivity index (χ0n) is 41.4. The van der Waals surface area contributed by atoms with E-state index in [0.29, 0.717) is 15.2 Å². The lowest BCUT2D eigenvalue weighted by Gasteiger charge is -2.27. The highest BCUT2D eigenvalue weighted by molar-refractivity contribution is 5.97. The third kappa shape index (κ3) is 26.8. The molecular formula is C41H71N13O19. The number of amides is 12. The summed E-state index contributed by atoms with van der Waals surface area (Å²) in [5, 5.41) is 78.9. The summed E-state index contributed by atoms with van der Waals surface area (Å²) in [6.07, 6.45) is -0.836. The summed E-state index contributed by atoms with van der Waals surface area (Å²) < 4.78 is 0. The number of nitrogens with two attached hydrogens (primary N) is 1. The molecule has 0 aliphatic rings. The van der Waals surface area contributed by atoms with E-state index in [1.165, 1.54) is 20.8 Å². The van der Waals surface area contributed by atoms with Crippen LogP contribution >= 0.6 is 0 Å². The summed E-state index contributed by atoms with van der Waals surface area (Å²) in [6.45, 7) is 2.40. The predicted octanol–water partition coefficient (Wildman–Crippen LogP) is -7.63. The van der Waals surface area contributed by atoms with Crippen LogP contribution < -0.4 is 53.6 Å². The van der Waals surface area contributed by atoms with Crippen molar-refractivity contribution in [1.29, 1.82) is 0 Å². The van der Waals surface area contributed by atoms with Crippen molar-refractivity contribution in [1.82, 2.24) is 63.0 Å². The number of carbonyl (C=O) groups is 13. The summed E-state index contributed by atoms with van der Waals surface area (Å²) in [5.41, 5.74) is 5.52. The Labute approximate surface area is 419 Å². The van der Waals surface area contributed by atoms with E-state index in [4.69, 9.17) is 10.8 Å². The number of hydroxylamine groups is 6. The van der Waals surface area contributed by atoms with Gasteiger partial charge in [-0.2, -0.15) is 0 Å². The van der Waals surface area contributed by atoms with Crippen LogP contribution in [-0.2, 0) is 62.3 Å². The largest absolute Gasteiger partial charge is 0.480 e. The molecule has 0 saturated heterocycles. The van der Waals surface area contributed by atoms with Gasteiger partial charge in [0.1, 0.15) is 48.8 Å². The standard InChI is InChI=1S/C41H71N13O19/c1-21(2)34(51-32(61)17-44-38(67)28(48-36(65)26(42)19-55)11-8-14-53(72)24(5)58)41(70)50-30(20-56)40(69)49-29(12-9-15-54(73)25(6)59)39(68)46-22(3)35(64)43-16-31(60)47-27(37(66)45-18-33(62)63)10-7-13-52(71)23(4)57/h21-22,26-30,34,55-56,71-73H,7-20,42H2,1-6H3,(H,43,64)(H,44,67)(H,45,66)(H,46,68)(H,47,60)(H,48,65)(H,49,69)(H,50,70)(H,51,61)(H,62,63)/t22-,26+,27?,28?,29?,30+,34-/m1/s1. The first kappa shape index (κ1) is 65.9. The molecule has 0 fully saturated rings. The SMILES string of the molecule is CC(=O)N(O)CCCC(NC(=O)CNC(=O)[C@@H](C)NC(=O)C(CCCN(O)C(C)=O)NC(=O)[C@H](CO)NC(=O)[C@H](NC(=O)CNC(=O)C(CCCN(O)C(C)=O)NC(=O)[C@@H](N)CO)C(C)C)C(=O)NCC(=O)O. The van der Waals surface area contributed by atoms with Gasteiger partial charge in [-0.05, 0) is 51.4 Å². The first-order chi connectivity index (χ1) is 34.1. The molecule has 0 radical (unpaired) electrons. The Bertz CT molecular complexity index is 1940. The summed E-state index contributed by atoms with van der Waals surface area (Å²) >= 11 is 0. The van der Waals surface area contributed by atoms with Crippen LogP contribution in [0.2, 0.25) is 0 Å². The molecule has 32 heteroatoms. The van der Waals surface area contributed by atoms with E-state index >= 15 is 0 Å². The zero-order valence-corrected chi connectivity index (χ0v) is 41.4. The second-order valence-electron chi connectivity index (χ2n) is 16.7. The lowest BCUT2D eigenvalue weighted by atomic mass is 10.0. The highest BCUT2D eigenvalue weighted by atomic mass is 16.5. The van der Waals surface area contributed by atoms with Crippen LogP contribution in [0.15, 0.2) is 0 Å². The second-order valence-corrected chi connectivity index (χ2v) is 16.7. The van der Waals surface area contributed by atoms with Gasteiger partial charge < -0.3 is 68.9 Å². The summed E-state index contributed by atoms with van der Waals surface area (Å²) in [6, 6.07) is -10.4. The third-order valence-electron chi connectivity index (χ3n) is 10.2. The minimum atomic E-state index is -1.79. The van der Waals surface area contributed by atoms with E-state index in [1.807, 2.05) is 0 Å². The smallest absolute Gasteiger partial charge is 0.322 e. The molecule has 0 heterocycles. The van der Waals surface area contributed by atoms with Crippen molar-refractivity contribution in [2.45, 2.75) is 122 Å². The lowest BCUT2D eigenvalue weighted by molar-refractivity contribution is -0.163. The number of carboxylic acid groups (broad SMARTS) is 1. The zero-order chi connectivity index (χ0) is 56.1. The molecule has 3 unspecified atom stereocenters. The van der Waals surface area contributed by atoms with Gasteiger partial charge in [0, 0.05) is 40.4 Å². The van der Waals surface area contributed by atoms with Crippen molar-refractivity contribution in [2.24, 2.45) is 11.7 Å². The summed E-state index contributed by atoms with van der Waals surface area (Å²) in [4.78, 5) is 162. The number of hydrogen-bond acceptors (Lipinski definition) is 19. The molecular weight excluding hydrogens is 979 g/mol. The molecule has 0 spiro atoms. The molecule has 0 aromatic carbocycles. The molecule has 0 bridgehead atoms. The Kier molecular flexibility index (Phi) is 30.9. The van der Waals surface area contributed by atoms with Crippen LogP contribution in [0.25, 0.3) is 0 Å². The van der Waals surface area contributed by atoms with Crippen molar-refractivity contribution in [3.63, 3.8) is 0 Å². The maximum atomic E-state index is 13.5. The molecule has 0 aliphatic heterocycles. The number of carbonyl (C=O) groups excluding carboxylic acids is 12. The molecule has 12 amide bonds. The third-order valence-corrected chi connectivity index (χ3v) is 10.2. The van der Waals surface area contributed by atoms with Crippen molar-refractivity contribution in [3.8, 4) is 0 Å². The fourth-order valence-electron chi connectivity index (χ4n) is 5.99. The minimum absolute atomic E-state index is 0.0124. The summed E-state index contributed by atoms with van der Waals surface area (Å²) in [5.74, 6) is -13.1. The molecule has 32 nitrogen and oxygen atoms in total. The van der Waals surface area contributed by atoms with Crippen LogP contribution in [-0.4, -0.2) is 218 Å². The average molecular weight is 1050 g/mol. The van der Waals surface area contributed by atoms with Gasteiger partial charge in [0.05, 0.1) is 26.3 Å². The quantitative estimate of drug-likeness (QED) is 0.0210. The highest BCUT2D eigenvalue weighted by Gasteiger charge is 2.33. The maximum Gasteiger partial charge on any atom is 0.322 e. The number of hydrogen-bond donors (Lipinski definition) is 16. The van der Waals surface area contributed by atoms with Crippen LogP contribution in [0.3, 0.4) is 0 Å². The van der Waals surface area contributed by atoms with E-state index in [1.54, 1.807) is 0 Å². The molecule has 7 atom stereocenters. The predicted molar refractivity (Wildman–Crippen MR) is 246 cm³/mol. The Hall–Kier alpha value is -7.13. The van der Waals surface area contributed by atoms with Gasteiger partial charge in [-0.25, -0.2) is 15.2 Å². The number of rotatable bonds is 34. The number of carboxylic acids is 1. The fourth-order valence-corrected chi connectivity index (χ4v) is 5.99. The van der Waals surface area contributed by atoms with Gasteiger partial charge in [-0.15, -0.1) is 0 Å². The molecule has 0 aromatic rings. The van der Waals surface area contributed by atoms with E-state index in [9.17, 15) is 88.2 Å². The highest BCUT2D eigenvalue weighted by Crippen LogP contribution is 2.07. The minimum Gasteiger partial charge on any atom is -0.480 e. The van der Waals surface area contributed by atoms with Gasteiger partial charge in [-0.1, -0.05) is 13.8 Å². The van der Waals surface area contributed by atoms with E-state index in [2.05, 4.69) is 47.9 Å². The number of aliphatic hydroxyl groups excluding tert-OH is 2. The number of nitrogens with zero attached hydrogens (tertiary/aromatic N) is 3. The van der Waals surface area contributed by atoms with Crippen LogP contribution in [0.5, 0.6) is 0 Å². The Morgan fingerprint density at radius 3 is 1.23 bits per heavy atom. The number of nitrogens with one attached hydrogen (secondary N) is 9. The van der Waals surface area contributed by atoms with Crippen LogP contribution in [0.1, 0.15) is 80.1 Å². The molecule has 0 rings (SSSR count). The van der Waals surface area contributed by atoms with Gasteiger partial charge >= 0.3 is 5.97 Å². The Morgan fingerprint density at radius 2 is 0.822 bits per heavy atom. The van der Waals surface area contributed by atoms with Crippen molar-refractivity contribution >= 4 is 76.9 Å². The van der Waals surface area contributed by atoms with Crippen LogP contribution in [0.4, 0.5) is 0 Å². The lowest BCUT2D eigenvalue weighted by Crippen LogP contribution is -2.60. The topological polar surface area (TPSA) is 487 Å². The molecule has 0 aliphatic carbocycles. The molecule has 73 heavy (non-hydrogen) atoms. The first-order valence-electron chi connectivity index (χ1n) is 22.8. The number of aliphatic hydroxyl groups is 2. The fraction of sp³-hybridized carbons (Fsp3) is 0.683. The van der Waals surface area contributed by atoms with E-state index in [0.717, 1.165) is 20.8 Å². The maximum absolute atomic E-state index is 13.5. The second kappa shape index (κ2) is 34.3. The first-order valence-corrected chi connectivity index (χ1v) is 22.8. The molecule has 0 aromatic heterocycles. The monoisotopic (exact) mass is 1050 g/mol. The van der Waals surface area contributed by atoms with E-state index < -0.39 is 158 Å². The summed E-state index contributed by atoms with van der Waals surface area (Å²) in [7, 11) is 0. The Balaban J connectivity index is 5.93. The van der Waals surface area contributed by atoms with Crippen LogP contribution in [0, 0.1) is 5.92 Å². The van der Waals surface area contributed by atoms with Crippen molar-refractivity contribution in [2.75, 3.05) is 52.5 Å². The average Bonchev–Trinajstić information content (AvgIpc) is 3.32. The van der Waals surface area contributed by atoms with Gasteiger partial charge in [-0.3, -0.25) is 78.0 Å². The van der Waals surface area contributed by atoms with Crippen molar-refractivity contribution in [3.05, 3.63) is 0 Å². The molecule has 0 saturated carbocycles.